The number of H-pyrrole nitrogens is 1. The molecule has 0 aliphatic carbocycles. The van der Waals surface area contributed by atoms with Gasteiger partial charge in [0.05, 0.1) is 15.6 Å². The number of hydrogen-bond donors (Lipinski definition) is 2. The number of nitrogens with one attached hydrogen (secondary N) is 2. The first-order chi connectivity index (χ1) is 15.0. The summed E-state index contributed by atoms with van der Waals surface area (Å²) in [5, 5.41) is 14.9. The third-order valence-corrected chi connectivity index (χ3v) is 5.09. The van der Waals surface area contributed by atoms with E-state index >= 15 is 0 Å². The maximum Gasteiger partial charge on any atom is 0.287 e. The number of pyridine rings is 2. The second-order valence-corrected chi connectivity index (χ2v) is 7.44. The summed E-state index contributed by atoms with van der Waals surface area (Å²) in [6.45, 7) is 0.547. The first kappa shape index (κ1) is 20.8. The van der Waals surface area contributed by atoms with Gasteiger partial charge in [0.1, 0.15) is 17.8 Å². The summed E-state index contributed by atoms with van der Waals surface area (Å²) in [5.41, 5.74) is 3.06. The van der Waals surface area contributed by atoms with Crippen molar-refractivity contribution in [2.24, 2.45) is 0 Å². The molecule has 3 heterocycles. The molecule has 0 unspecified atom stereocenters. The summed E-state index contributed by atoms with van der Waals surface area (Å²) in [4.78, 5) is 26.6. The van der Waals surface area contributed by atoms with Crippen molar-refractivity contribution in [2.75, 3.05) is 11.9 Å². The molecule has 0 spiro atoms. The smallest absolute Gasteiger partial charge is 0.287 e. The van der Waals surface area contributed by atoms with Crippen molar-refractivity contribution in [2.45, 2.75) is 6.42 Å². The average Bonchev–Trinajstić information content (AvgIpc) is 3.29. The Bertz CT molecular complexity index is 1210. The molecule has 0 aliphatic rings. The second-order valence-electron chi connectivity index (χ2n) is 6.60. The van der Waals surface area contributed by atoms with Crippen LogP contribution in [0.15, 0.2) is 61.1 Å². The number of benzene rings is 1. The lowest BCUT2D eigenvalue weighted by Gasteiger charge is -2.12. The fraction of sp³-hybridized carbons (Fsp3) is 0.0952. The molecule has 0 atom stereocenters. The van der Waals surface area contributed by atoms with Crippen molar-refractivity contribution in [3.05, 3.63) is 86.9 Å². The van der Waals surface area contributed by atoms with Gasteiger partial charge in [0, 0.05) is 53.3 Å². The van der Waals surface area contributed by atoms with E-state index in [1.165, 1.54) is 12.3 Å². The zero-order valence-corrected chi connectivity index (χ0v) is 17.6. The lowest BCUT2D eigenvalue weighted by Crippen LogP contribution is -2.08. The van der Waals surface area contributed by atoms with Crippen molar-refractivity contribution in [1.82, 2.24) is 19.9 Å². The fourth-order valence-electron chi connectivity index (χ4n) is 3.05. The van der Waals surface area contributed by atoms with Crippen molar-refractivity contribution in [3.63, 3.8) is 0 Å². The minimum atomic E-state index is -0.481. The maximum atomic E-state index is 10.7. The maximum absolute atomic E-state index is 10.7. The fourth-order valence-corrected chi connectivity index (χ4v) is 3.54. The quantitative estimate of drug-likeness (QED) is 0.285. The topological polar surface area (TPSA) is 110 Å². The lowest BCUT2D eigenvalue weighted by molar-refractivity contribution is -0.385. The van der Waals surface area contributed by atoms with Gasteiger partial charge < -0.3 is 10.3 Å². The summed E-state index contributed by atoms with van der Waals surface area (Å²) in [5.74, 6) is 1.24. The molecule has 0 radical (unpaired) electrons. The third-order valence-electron chi connectivity index (χ3n) is 4.54. The van der Waals surface area contributed by atoms with Gasteiger partial charge in [0.25, 0.3) is 5.69 Å². The Balaban J connectivity index is 1.57. The van der Waals surface area contributed by atoms with Crippen LogP contribution in [0.2, 0.25) is 10.0 Å². The number of imidazole rings is 1. The molecule has 31 heavy (non-hydrogen) atoms. The van der Waals surface area contributed by atoms with Gasteiger partial charge in [-0.15, -0.1) is 0 Å². The highest BCUT2D eigenvalue weighted by Gasteiger charge is 2.15. The van der Waals surface area contributed by atoms with Crippen LogP contribution >= 0.6 is 23.2 Å². The Labute approximate surface area is 187 Å². The van der Waals surface area contributed by atoms with Crippen LogP contribution in [0.25, 0.3) is 22.6 Å². The molecule has 0 bridgehead atoms. The Morgan fingerprint density at radius 3 is 2.58 bits per heavy atom. The Morgan fingerprint density at radius 2 is 1.90 bits per heavy atom. The van der Waals surface area contributed by atoms with Crippen LogP contribution in [-0.2, 0) is 6.42 Å². The van der Waals surface area contributed by atoms with Crippen LogP contribution in [0, 0.1) is 10.1 Å². The Hall–Kier alpha value is -3.49. The van der Waals surface area contributed by atoms with Crippen LogP contribution < -0.4 is 5.32 Å². The molecule has 2 N–H and O–H groups in total. The SMILES string of the molecule is O=[N+]([O-])c1ccc(NCCc2ccc(-c3ncc[nH]3)c(-c3ccc(Cl)cc3Cl)n2)nc1. The number of hydrogen-bond acceptors (Lipinski definition) is 6. The molecule has 1 aromatic carbocycles. The minimum Gasteiger partial charge on any atom is -0.370 e. The van der Waals surface area contributed by atoms with Gasteiger partial charge in [0.2, 0.25) is 0 Å². The van der Waals surface area contributed by atoms with E-state index in [4.69, 9.17) is 28.2 Å². The molecule has 10 heteroatoms. The molecule has 0 fully saturated rings. The molecule has 156 valence electrons. The van der Waals surface area contributed by atoms with Crippen molar-refractivity contribution >= 4 is 34.7 Å². The molecule has 4 aromatic rings. The molecule has 0 saturated carbocycles. The number of aromatic amines is 1. The zero-order valence-electron chi connectivity index (χ0n) is 16.0. The summed E-state index contributed by atoms with van der Waals surface area (Å²) in [6, 6.07) is 12.1. The highest BCUT2D eigenvalue weighted by atomic mass is 35.5. The third kappa shape index (κ3) is 4.82. The van der Waals surface area contributed by atoms with Gasteiger partial charge in [-0.1, -0.05) is 23.2 Å². The highest BCUT2D eigenvalue weighted by Crippen LogP contribution is 2.35. The largest absolute Gasteiger partial charge is 0.370 e. The van der Waals surface area contributed by atoms with E-state index in [-0.39, 0.29) is 5.69 Å². The predicted octanol–water partition coefficient (Wildman–Crippen LogP) is 5.40. The van der Waals surface area contributed by atoms with Crippen molar-refractivity contribution < 1.29 is 4.92 Å². The van der Waals surface area contributed by atoms with E-state index in [0.29, 0.717) is 40.3 Å². The lowest BCUT2D eigenvalue weighted by atomic mass is 10.0. The van der Waals surface area contributed by atoms with Gasteiger partial charge in [0.15, 0.2) is 0 Å². The molecule has 4 rings (SSSR count). The van der Waals surface area contributed by atoms with Crippen molar-refractivity contribution in [3.8, 4) is 22.6 Å². The number of anilines is 1. The van der Waals surface area contributed by atoms with Crippen LogP contribution in [0.3, 0.4) is 0 Å². The van der Waals surface area contributed by atoms with E-state index in [0.717, 1.165) is 16.8 Å². The van der Waals surface area contributed by atoms with Gasteiger partial charge in [-0.05, 0) is 36.4 Å². The summed E-state index contributed by atoms with van der Waals surface area (Å²) < 4.78 is 0. The monoisotopic (exact) mass is 454 g/mol. The first-order valence-electron chi connectivity index (χ1n) is 9.30. The first-order valence-corrected chi connectivity index (χ1v) is 10.1. The van der Waals surface area contributed by atoms with Crippen LogP contribution in [0.4, 0.5) is 11.5 Å². The van der Waals surface area contributed by atoms with Crippen LogP contribution in [0.5, 0.6) is 0 Å². The molecular weight excluding hydrogens is 439 g/mol. The highest BCUT2D eigenvalue weighted by molar-refractivity contribution is 6.36. The van der Waals surface area contributed by atoms with Gasteiger partial charge >= 0.3 is 0 Å². The van der Waals surface area contributed by atoms with Gasteiger partial charge in [-0.2, -0.15) is 0 Å². The molecule has 0 amide bonds. The average molecular weight is 455 g/mol. The van der Waals surface area contributed by atoms with Crippen LogP contribution in [0.1, 0.15) is 5.69 Å². The molecule has 8 nitrogen and oxygen atoms in total. The number of halogens is 2. The molecular formula is C21H16Cl2N6O2. The normalized spacial score (nSPS) is 10.8. The summed E-state index contributed by atoms with van der Waals surface area (Å²) >= 11 is 12.5. The van der Waals surface area contributed by atoms with E-state index in [1.54, 1.807) is 30.6 Å². The second kappa shape index (κ2) is 9.11. The standard InChI is InChI=1S/C21H16Cl2N6O2/c22-13-1-4-16(18(23)11-13)20-17(21-25-9-10-26-21)5-2-14(28-20)7-8-24-19-6-3-15(12-27-19)29(30)31/h1-6,9-12H,7-8H2,(H,24,27)(H,25,26). The number of nitrogens with zero attached hydrogens (tertiary/aromatic N) is 4. The minimum absolute atomic E-state index is 0.0507. The van der Waals surface area contributed by atoms with Gasteiger partial charge in [-0.3, -0.25) is 15.1 Å². The Kier molecular flexibility index (Phi) is 6.11. The predicted molar refractivity (Wildman–Crippen MR) is 120 cm³/mol. The van der Waals surface area contributed by atoms with Crippen LogP contribution in [-0.4, -0.2) is 31.4 Å². The number of aromatic nitrogens is 4. The zero-order chi connectivity index (χ0) is 21.8. The molecule has 0 aliphatic heterocycles. The molecule has 0 saturated heterocycles. The van der Waals surface area contributed by atoms with Crippen molar-refractivity contribution in [1.29, 1.82) is 0 Å². The summed E-state index contributed by atoms with van der Waals surface area (Å²) in [7, 11) is 0. The van der Waals surface area contributed by atoms with E-state index in [1.807, 2.05) is 18.2 Å². The van der Waals surface area contributed by atoms with E-state index < -0.39 is 4.92 Å². The number of nitro groups is 1. The van der Waals surface area contributed by atoms with E-state index in [2.05, 4.69) is 20.3 Å². The van der Waals surface area contributed by atoms with E-state index in [9.17, 15) is 10.1 Å². The number of rotatable bonds is 7. The summed E-state index contributed by atoms with van der Waals surface area (Å²) in [6.07, 6.45) is 5.25. The van der Waals surface area contributed by atoms with Gasteiger partial charge in [-0.25, -0.2) is 9.97 Å². The molecule has 3 aromatic heterocycles. The Morgan fingerprint density at radius 1 is 1.06 bits per heavy atom.